The SMILES string of the molecule is O=C(NC1CC1)c1ccc(N2CCC(NCc3ccccc3O)C2)nc1. The third-order valence-electron chi connectivity index (χ3n) is 5.01. The van der Waals surface area contributed by atoms with E-state index in [9.17, 15) is 9.90 Å². The van der Waals surface area contributed by atoms with Gasteiger partial charge in [-0.25, -0.2) is 4.98 Å². The summed E-state index contributed by atoms with van der Waals surface area (Å²) in [6, 6.07) is 11.9. The molecule has 2 fully saturated rings. The Labute approximate surface area is 153 Å². The molecule has 136 valence electrons. The van der Waals surface area contributed by atoms with Gasteiger partial charge in [0.15, 0.2) is 0 Å². The zero-order chi connectivity index (χ0) is 17.9. The van der Waals surface area contributed by atoms with Crippen LogP contribution in [0.2, 0.25) is 0 Å². The number of phenols is 1. The highest BCUT2D eigenvalue weighted by molar-refractivity contribution is 5.94. The van der Waals surface area contributed by atoms with Crippen molar-refractivity contribution in [2.24, 2.45) is 0 Å². The smallest absolute Gasteiger partial charge is 0.253 e. The van der Waals surface area contributed by atoms with Gasteiger partial charge < -0.3 is 20.6 Å². The van der Waals surface area contributed by atoms with Crippen molar-refractivity contribution in [3.8, 4) is 5.75 Å². The molecule has 1 aliphatic carbocycles. The van der Waals surface area contributed by atoms with Gasteiger partial charge in [0.1, 0.15) is 11.6 Å². The van der Waals surface area contributed by atoms with Crippen LogP contribution in [0.5, 0.6) is 5.75 Å². The summed E-state index contributed by atoms with van der Waals surface area (Å²) in [5.74, 6) is 1.20. The fraction of sp³-hybridized carbons (Fsp3) is 0.400. The topological polar surface area (TPSA) is 77.5 Å². The van der Waals surface area contributed by atoms with Crippen molar-refractivity contribution in [2.45, 2.75) is 37.9 Å². The number of nitrogens with one attached hydrogen (secondary N) is 2. The standard InChI is InChI=1S/C20H24N4O2/c25-18-4-2-1-3-14(18)11-21-17-9-10-24(13-17)19-8-5-15(12-22-19)20(26)23-16-6-7-16/h1-5,8,12,16-17,21,25H,6-7,9-11,13H2,(H,23,26). The fourth-order valence-corrected chi connectivity index (χ4v) is 3.25. The van der Waals surface area contributed by atoms with Gasteiger partial charge in [-0.3, -0.25) is 4.79 Å². The van der Waals surface area contributed by atoms with Gasteiger partial charge in [0.25, 0.3) is 5.91 Å². The van der Waals surface area contributed by atoms with Gasteiger partial charge in [-0.15, -0.1) is 0 Å². The highest BCUT2D eigenvalue weighted by Gasteiger charge is 2.25. The molecule has 1 unspecified atom stereocenters. The van der Waals surface area contributed by atoms with Crippen molar-refractivity contribution < 1.29 is 9.90 Å². The van der Waals surface area contributed by atoms with Crippen LogP contribution in [0.4, 0.5) is 5.82 Å². The number of phenolic OH excluding ortho intramolecular Hbond substituents is 1. The van der Waals surface area contributed by atoms with Crippen molar-refractivity contribution >= 4 is 11.7 Å². The molecule has 0 radical (unpaired) electrons. The number of benzene rings is 1. The van der Waals surface area contributed by atoms with E-state index in [2.05, 4.69) is 20.5 Å². The number of pyridine rings is 1. The van der Waals surface area contributed by atoms with Crippen LogP contribution < -0.4 is 15.5 Å². The number of nitrogens with zero attached hydrogens (tertiary/aromatic N) is 2. The maximum Gasteiger partial charge on any atom is 0.253 e. The summed E-state index contributed by atoms with van der Waals surface area (Å²) >= 11 is 0. The van der Waals surface area contributed by atoms with E-state index in [-0.39, 0.29) is 5.91 Å². The number of aromatic nitrogens is 1. The minimum absolute atomic E-state index is 0.0322. The molecule has 1 amide bonds. The van der Waals surface area contributed by atoms with Crippen molar-refractivity contribution in [3.63, 3.8) is 0 Å². The van der Waals surface area contributed by atoms with Gasteiger partial charge in [0.2, 0.25) is 0 Å². The van der Waals surface area contributed by atoms with Crippen molar-refractivity contribution in [1.29, 1.82) is 0 Å². The van der Waals surface area contributed by atoms with Gasteiger partial charge in [0.05, 0.1) is 5.56 Å². The summed E-state index contributed by atoms with van der Waals surface area (Å²) in [7, 11) is 0. The number of carbonyl (C=O) groups is 1. The average Bonchev–Trinajstić information content (AvgIpc) is 3.35. The van der Waals surface area contributed by atoms with Crippen molar-refractivity contribution in [3.05, 3.63) is 53.7 Å². The molecule has 1 saturated heterocycles. The first-order valence-electron chi connectivity index (χ1n) is 9.21. The van der Waals surface area contributed by atoms with E-state index in [1.807, 2.05) is 30.3 Å². The van der Waals surface area contributed by atoms with Gasteiger partial charge in [-0.1, -0.05) is 18.2 Å². The van der Waals surface area contributed by atoms with E-state index in [0.717, 1.165) is 43.7 Å². The zero-order valence-corrected chi connectivity index (χ0v) is 14.7. The molecule has 1 aliphatic heterocycles. The lowest BCUT2D eigenvalue weighted by Crippen LogP contribution is -2.32. The third kappa shape index (κ3) is 3.96. The number of aromatic hydroxyl groups is 1. The molecule has 3 N–H and O–H groups in total. The monoisotopic (exact) mass is 352 g/mol. The Kier molecular flexibility index (Phi) is 4.75. The summed E-state index contributed by atoms with van der Waals surface area (Å²) < 4.78 is 0. The second kappa shape index (κ2) is 7.33. The second-order valence-electron chi connectivity index (χ2n) is 7.09. The quantitative estimate of drug-likeness (QED) is 0.742. The third-order valence-corrected chi connectivity index (χ3v) is 5.01. The fourth-order valence-electron chi connectivity index (χ4n) is 3.25. The number of rotatable bonds is 6. The Morgan fingerprint density at radius 2 is 2.00 bits per heavy atom. The predicted molar refractivity (Wildman–Crippen MR) is 100 cm³/mol. The molecule has 0 spiro atoms. The molecule has 6 nitrogen and oxygen atoms in total. The lowest BCUT2D eigenvalue weighted by molar-refractivity contribution is 0.0950. The van der Waals surface area contributed by atoms with E-state index < -0.39 is 0 Å². The number of para-hydroxylation sites is 1. The van der Waals surface area contributed by atoms with E-state index >= 15 is 0 Å². The first kappa shape index (κ1) is 16.8. The van der Waals surface area contributed by atoms with Crippen LogP contribution in [0.25, 0.3) is 0 Å². The van der Waals surface area contributed by atoms with Gasteiger partial charge in [0, 0.05) is 43.5 Å². The molecule has 6 heteroatoms. The lowest BCUT2D eigenvalue weighted by atomic mass is 10.2. The molecule has 2 aromatic rings. The van der Waals surface area contributed by atoms with Crippen LogP contribution in [0.3, 0.4) is 0 Å². The van der Waals surface area contributed by atoms with Gasteiger partial charge >= 0.3 is 0 Å². The highest BCUT2D eigenvalue weighted by Crippen LogP contribution is 2.21. The summed E-state index contributed by atoms with van der Waals surface area (Å²) in [5, 5.41) is 16.3. The number of amides is 1. The van der Waals surface area contributed by atoms with Crippen LogP contribution >= 0.6 is 0 Å². The summed E-state index contributed by atoms with van der Waals surface area (Å²) in [5.41, 5.74) is 1.53. The van der Waals surface area contributed by atoms with Crippen molar-refractivity contribution in [1.82, 2.24) is 15.6 Å². The van der Waals surface area contributed by atoms with E-state index in [4.69, 9.17) is 0 Å². The molecule has 1 saturated carbocycles. The van der Waals surface area contributed by atoms with E-state index in [0.29, 0.717) is 29.9 Å². The van der Waals surface area contributed by atoms with E-state index in [1.165, 1.54) is 0 Å². The van der Waals surface area contributed by atoms with Gasteiger partial charge in [-0.2, -0.15) is 0 Å². The number of anilines is 1. The molecular formula is C20H24N4O2. The number of hydrogen-bond donors (Lipinski definition) is 3. The first-order chi connectivity index (χ1) is 12.7. The number of carbonyl (C=O) groups excluding carboxylic acids is 1. The van der Waals surface area contributed by atoms with Gasteiger partial charge in [-0.05, 0) is 37.5 Å². The molecule has 1 aromatic heterocycles. The van der Waals surface area contributed by atoms with Crippen LogP contribution in [0, 0.1) is 0 Å². The maximum atomic E-state index is 12.0. The van der Waals surface area contributed by atoms with Crippen LogP contribution in [-0.4, -0.2) is 41.2 Å². The molecule has 0 bridgehead atoms. The Hall–Kier alpha value is -2.60. The van der Waals surface area contributed by atoms with Crippen LogP contribution in [0.1, 0.15) is 35.2 Å². The first-order valence-corrected chi connectivity index (χ1v) is 9.21. The highest BCUT2D eigenvalue weighted by atomic mass is 16.3. The summed E-state index contributed by atoms with van der Waals surface area (Å²) in [6.07, 6.45) is 4.86. The second-order valence-corrected chi connectivity index (χ2v) is 7.09. The minimum Gasteiger partial charge on any atom is -0.508 e. The Morgan fingerprint density at radius 1 is 1.15 bits per heavy atom. The molecule has 2 aliphatic rings. The lowest BCUT2D eigenvalue weighted by Gasteiger charge is -2.18. The maximum absolute atomic E-state index is 12.0. The Bertz CT molecular complexity index is 774. The summed E-state index contributed by atoms with van der Waals surface area (Å²) in [6.45, 7) is 2.45. The van der Waals surface area contributed by atoms with E-state index in [1.54, 1.807) is 12.3 Å². The predicted octanol–water partition coefficient (Wildman–Crippen LogP) is 2.05. The molecule has 1 atom stereocenters. The van der Waals surface area contributed by atoms with Crippen molar-refractivity contribution in [2.75, 3.05) is 18.0 Å². The molecule has 2 heterocycles. The summed E-state index contributed by atoms with van der Waals surface area (Å²) in [4.78, 5) is 18.7. The number of hydrogen-bond acceptors (Lipinski definition) is 5. The minimum atomic E-state index is -0.0322. The zero-order valence-electron chi connectivity index (χ0n) is 14.7. The average molecular weight is 352 g/mol. The molecule has 4 rings (SSSR count). The van der Waals surface area contributed by atoms with Crippen LogP contribution in [-0.2, 0) is 6.54 Å². The largest absolute Gasteiger partial charge is 0.508 e. The molecular weight excluding hydrogens is 328 g/mol. The molecule has 1 aromatic carbocycles. The normalized spacial score (nSPS) is 19.5. The van der Waals surface area contributed by atoms with Crippen LogP contribution in [0.15, 0.2) is 42.6 Å². The Balaban J connectivity index is 1.30. The Morgan fingerprint density at radius 3 is 2.73 bits per heavy atom. The molecule has 26 heavy (non-hydrogen) atoms.